The van der Waals surface area contributed by atoms with Crippen molar-refractivity contribution in [2.45, 2.75) is 31.9 Å². The summed E-state index contributed by atoms with van der Waals surface area (Å²) in [5.74, 6) is -1.61. The third-order valence-electron chi connectivity index (χ3n) is 3.32. The van der Waals surface area contributed by atoms with Gasteiger partial charge in [-0.1, -0.05) is 0 Å². The molecule has 114 valence electrons. The quantitative estimate of drug-likeness (QED) is 0.662. The number of nitrogens with one attached hydrogen (secondary N) is 2. The summed E-state index contributed by atoms with van der Waals surface area (Å²) in [5, 5.41) is 23.7. The minimum atomic E-state index is -1.22. The number of hydrogen-bond acceptors (Lipinski definition) is 4. The number of carbonyl (C=O) groups is 2. The molecule has 21 heavy (non-hydrogen) atoms. The van der Waals surface area contributed by atoms with Gasteiger partial charge in [0.15, 0.2) is 0 Å². The molecular weight excluding hydrogens is 276 g/mol. The third kappa shape index (κ3) is 3.85. The molecule has 1 aromatic carbocycles. The van der Waals surface area contributed by atoms with Crippen LogP contribution in [0, 0.1) is 0 Å². The molecule has 4 N–H and O–H groups in total. The van der Waals surface area contributed by atoms with Crippen molar-refractivity contribution in [1.82, 2.24) is 5.32 Å². The Hall–Kier alpha value is -2.28. The summed E-state index contributed by atoms with van der Waals surface area (Å²) in [6.45, 7) is 2.60. The number of aromatic carboxylic acids is 1. The lowest BCUT2D eigenvalue weighted by Gasteiger charge is -2.35. The predicted octanol–water partition coefficient (Wildman–Crippen LogP) is 1.78. The molecule has 0 bridgehead atoms. The number of ether oxygens (including phenoxy) is 1. The van der Waals surface area contributed by atoms with Gasteiger partial charge >= 0.3 is 12.0 Å². The zero-order valence-corrected chi connectivity index (χ0v) is 11.6. The highest BCUT2D eigenvalue weighted by Gasteiger charge is 2.30. The van der Waals surface area contributed by atoms with E-state index < -0.39 is 12.0 Å². The van der Waals surface area contributed by atoms with Gasteiger partial charge in [0.2, 0.25) is 0 Å². The number of carbonyl (C=O) groups excluding carboxylic acids is 1. The average molecular weight is 294 g/mol. The van der Waals surface area contributed by atoms with Crippen LogP contribution in [0.25, 0.3) is 0 Å². The first-order valence-corrected chi connectivity index (χ1v) is 6.75. The number of benzene rings is 1. The molecule has 0 aliphatic heterocycles. The van der Waals surface area contributed by atoms with Crippen LogP contribution in [-0.4, -0.2) is 41.0 Å². The minimum absolute atomic E-state index is 0.0773. The first-order valence-electron chi connectivity index (χ1n) is 6.75. The van der Waals surface area contributed by atoms with Gasteiger partial charge < -0.3 is 25.6 Å². The smallest absolute Gasteiger partial charge is 0.339 e. The summed E-state index contributed by atoms with van der Waals surface area (Å²) < 4.78 is 5.40. The average Bonchev–Trinajstić information content (AvgIpc) is 2.35. The van der Waals surface area contributed by atoms with Crippen molar-refractivity contribution in [3.8, 4) is 5.75 Å². The van der Waals surface area contributed by atoms with Gasteiger partial charge in [0, 0.05) is 24.4 Å². The van der Waals surface area contributed by atoms with E-state index in [-0.39, 0.29) is 23.5 Å². The van der Waals surface area contributed by atoms with E-state index in [0.717, 1.165) is 12.8 Å². The standard InChI is InChI=1S/C14H18N2O5/c1-2-21-10-5-9(6-10)16-14(20)15-8-3-4-11(13(18)19)12(17)7-8/h3-4,7,9-10,17H,2,5-6H2,1H3,(H,18,19)(H2,15,16,20). The van der Waals surface area contributed by atoms with E-state index >= 15 is 0 Å². The molecule has 0 saturated heterocycles. The topological polar surface area (TPSA) is 108 Å². The molecule has 1 aliphatic carbocycles. The third-order valence-corrected chi connectivity index (χ3v) is 3.32. The molecule has 1 fully saturated rings. The Morgan fingerprint density at radius 3 is 2.67 bits per heavy atom. The summed E-state index contributed by atoms with van der Waals surface area (Å²) in [4.78, 5) is 22.5. The Labute approximate surface area is 121 Å². The Kier molecular flexibility index (Phi) is 4.64. The second-order valence-corrected chi connectivity index (χ2v) is 4.88. The molecule has 0 unspecified atom stereocenters. The van der Waals surface area contributed by atoms with Gasteiger partial charge in [-0.15, -0.1) is 0 Å². The van der Waals surface area contributed by atoms with Crippen LogP contribution in [0.15, 0.2) is 18.2 Å². The van der Waals surface area contributed by atoms with E-state index in [1.54, 1.807) is 0 Å². The molecule has 1 aromatic rings. The van der Waals surface area contributed by atoms with E-state index in [2.05, 4.69) is 10.6 Å². The van der Waals surface area contributed by atoms with E-state index in [1.165, 1.54) is 18.2 Å². The SMILES string of the molecule is CCOC1CC(NC(=O)Nc2ccc(C(=O)O)c(O)c2)C1. The van der Waals surface area contributed by atoms with E-state index in [4.69, 9.17) is 9.84 Å². The van der Waals surface area contributed by atoms with Crippen molar-refractivity contribution in [2.75, 3.05) is 11.9 Å². The molecular formula is C14H18N2O5. The molecule has 0 heterocycles. The summed E-state index contributed by atoms with van der Waals surface area (Å²) in [7, 11) is 0. The molecule has 2 rings (SSSR count). The molecule has 7 nitrogen and oxygen atoms in total. The maximum atomic E-state index is 11.7. The summed E-state index contributed by atoms with van der Waals surface area (Å²) in [5.41, 5.74) is 0.121. The van der Waals surface area contributed by atoms with Crippen molar-refractivity contribution < 1.29 is 24.5 Å². The second kappa shape index (κ2) is 6.45. The number of rotatable bonds is 5. The summed E-state index contributed by atoms with van der Waals surface area (Å²) in [6, 6.07) is 3.55. The highest BCUT2D eigenvalue weighted by molar-refractivity contribution is 5.94. The molecule has 2 amide bonds. The first-order chi connectivity index (χ1) is 9.99. The number of hydrogen-bond donors (Lipinski definition) is 4. The zero-order valence-electron chi connectivity index (χ0n) is 11.6. The molecule has 0 atom stereocenters. The lowest BCUT2D eigenvalue weighted by molar-refractivity contribution is -0.00673. The highest BCUT2D eigenvalue weighted by atomic mass is 16.5. The molecule has 1 aliphatic rings. The summed E-state index contributed by atoms with van der Waals surface area (Å²) in [6.07, 6.45) is 1.77. The number of aromatic hydroxyl groups is 1. The number of carboxylic acid groups (broad SMARTS) is 1. The fourth-order valence-corrected chi connectivity index (χ4v) is 2.20. The van der Waals surface area contributed by atoms with Crippen LogP contribution < -0.4 is 10.6 Å². The van der Waals surface area contributed by atoms with Gasteiger partial charge in [0.05, 0.1) is 6.10 Å². The molecule has 1 saturated carbocycles. The van der Waals surface area contributed by atoms with Crippen molar-refractivity contribution >= 4 is 17.7 Å². The lowest BCUT2D eigenvalue weighted by atomic mass is 9.89. The monoisotopic (exact) mass is 294 g/mol. The molecule has 0 aromatic heterocycles. The zero-order chi connectivity index (χ0) is 15.4. The molecule has 0 spiro atoms. The Bertz CT molecular complexity index is 540. The maximum Gasteiger partial charge on any atom is 0.339 e. The van der Waals surface area contributed by atoms with Crippen molar-refractivity contribution in [3.63, 3.8) is 0 Å². The predicted molar refractivity (Wildman–Crippen MR) is 75.7 cm³/mol. The minimum Gasteiger partial charge on any atom is -0.507 e. The number of phenols is 1. The first kappa shape index (κ1) is 15.1. The highest BCUT2D eigenvalue weighted by Crippen LogP contribution is 2.24. The van der Waals surface area contributed by atoms with Gasteiger partial charge in [0.1, 0.15) is 11.3 Å². The van der Waals surface area contributed by atoms with Crippen LogP contribution >= 0.6 is 0 Å². The largest absolute Gasteiger partial charge is 0.507 e. The van der Waals surface area contributed by atoms with Gasteiger partial charge in [-0.25, -0.2) is 9.59 Å². The van der Waals surface area contributed by atoms with Crippen LogP contribution in [0.4, 0.5) is 10.5 Å². The second-order valence-electron chi connectivity index (χ2n) is 4.88. The van der Waals surface area contributed by atoms with Crippen LogP contribution in [0.5, 0.6) is 5.75 Å². The van der Waals surface area contributed by atoms with E-state index in [1.807, 2.05) is 6.92 Å². The number of amides is 2. The molecule has 0 radical (unpaired) electrons. The van der Waals surface area contributed by atoms with Gasteiger partial charge in [0.25, 0.3) is 0 Å². The molecule has 7 heteroatoms. The van der Waals surface area contributed by atoms with Crippen LogP contribution in [0.1, 0.15) is 30.1 Å². The van der Waals surface area contributed by atoms with Crippen LogP contribution in [0.2, 0.25) is 0 Å². The number of anilines is 1. The van der Waals surface area contributed by atoms with Crippen molar-refractivity contribution in [1.29, 1.82) is 0 Å². The van der Waals surface area contributed by atoms with Crippen molar-refractivity contribution in [2.24, 2.45) is 0 Å². The number of urea groups is 1. The Balaban J connectivity index is 1.83. The van der Waals surface area contributed by atoms with Gasteiger partial charge in [-0.2, -0.15) is 0 Å². The van der Waals surface area contributed by atoms with Gasteiger partial charge in [-0.05, 0) is 31.9 Å². The fraction of sp³-hybridized carbons (Fsp3) is 0.429. The summed E-state index contributed by atoms with van der Waals surface area (Å²) >= 11 is 0. The normalized spacial score (nSPS) is 20.4. The fourth-order valence-electron chi connectivity index (χ4n) is 2.20. The Morgan fingerprint density at radius 1 is 1.38 bits per heavy atom. The maximum absolute atomic E-state index is 11.7. The number of carboxylic acids is 1. The van der Waals surface area contributed by atoms with Gasteiger partial charge in [-0.3, -0.25) is 0 Å². The van der Waals surface area contributed by atoms with Crippen LogP contribution in [-0.2, 0) is 4.74 Å². The Morgan fingerprint density at radius 2 is 2.10 bits per heavy atom. The lowest BCUT2D eigenvalue weighted by Crippen LogP contribution is -2.49. The van der Waals surface area contributed by atoms with E-state index in [9.17, 15) is 14.7 Å². The van der Waals surface area contributed by atoms with E-state index in [0.29, 0.717) is 12.3 Å². The van der Waals surface area contributed by atoms with Crippen LogP contribution in [0.3, 0.4) is 0 Å². The van der Waals surface area contributed by atoms with Crippen molar-refractivity contribution in [3.05, 3.63) is 23.8 Å².